The number of nitrogens with zero attached hydrogens (tertiary/aromatic N) is 1. The number of carbonyl (C=O) groups excluding carboxylic acids is 1. The van der Waals surface area contributed by atoms with Gasteiger partial charge in [-0.1, -0.05) is 18.2 Å². The van der Waals surface area contributed by atoms with Gasteiger partial charge in [-0.25, -0.2) is 0 Å². The molecule has 0 aliphatic carbocycles. The molecule has 2 aliphatic heterocycles. The van der Waals surface area contributed by atoms with Gasteiger partial charge < -0.3 is 15.5 Å². The summed E-state index contributed by atoms with van der Waals surface area (Å²) in [6, 6.07) is 9.66. The summed E-state index contributed by atoms with van der Waals surface area (Å²) in [6.07, 6.45) is 0.585. The smallest absolute Gasteiger partial charge is 0.225 e. The van der Waals surface area contributed by atoms with Gasteiger partial charge in [0.15, 0.2) is 0 Å². The second-order valence-electron chi connectivity index (χ2n) is 5.60. The maximum Gasteiger partial charge on any atom is 0.225 e. The van der Waals surface area contributed by atoms with Crippen LogP contribution in [-0.4, -0.2) is 43.5 Å². The molecular formula is C15H21N3O. The molecule has 2 N–H and O–H groups in total. The second kappa shape index (κ2) is 5.72. The SMILES string of the molecule is O=C(CCN1CC2CNCC2C1)Nc1ccccc1. The maximum atomic E-state index is 11.9. The van der Waals surface area contributed by atoms with Crippen molar-refractivity contribution >= 4 is 11.6 Å². The van der Waals surface area contributed by atoms with Crippen molar-refractivity contribution in [2.45, 2.75) is 6.42 Å². The molecule has 19 heavy (non-hydrogen) atoms. The molecule has 2 fully saturated rings. The van der Waals surface area contributed by atoms with E-state index in [2.05, 4.69) is 15.5 Å². The van der Waals surface area contributed by atoms with Crippen LogP contribution in [0, 0.1) is 11.8 Å². The summed E-state index contributed by atoms with van der Waals surface area (Å²) < 4.78 is 0. The van der Waals surface area contributed by atoms with Gasteiger partial charge in [-0.2, -0.15) is 0 Å². The zero-order valence-electron chi connectivity index (χ0n) is 11.1. The van der Waals surface area contributed by atoms with Crippen molar-refractivity contribution in [3.63, 3.8) is 0 Å². The van der Waals surface area contributed by atoms with E-state index in [0.717, 1.165) is 50.2 Å². The summed E-state index contributed by atoms with van der Waals surface area (Å²) in [5.74, 6) is 1.72. The Kier molecular flexibility index (Phi) is 3.80. The van der Waals surface area contributed by atoms with Gasteiger partial charge in [0.1, 0.15) is 0 Å². The second-order valence-corrected chi connectivity index (χ2v) is 5.60. The molecule has 1 amide bonds. The van der Waals surface area contributed by atoms with E-state index in [9.17, 15) is 4.79 Å². The monoisotopic (exact) mass is 259 g/mol. The number of para-hydroxylation sites is 1. The molecule has 2 heterocycles. The Balaban J connectivity index is 1.42. The van der Waals surface area contributed by atoms with Crippen molar-refractivity contribution in [3.8, 4) is 0 Å². The Morgan fingerprint density at radius 1 is 1.21 bits per heavy atom. The van der Waals surface area contributed by atoms with E-state index < -0.39 is 0 Å². The minimum absolute atomic E-state index is 0.112. The van der Waals surface area contributed by atoms with Gasteiger partial charge in [-0.05, 0) is 37.1 Å². The number of amides is 1. The summed E-state index contributed by atoms with van der Waals surface area (Å²) in [5, 5.41) is 6.37. The van der Waals surface area contributed by atoms with Gasteiger partial charge >= 0.3 is 0 Å². The van der Waals surface area contributed by atoms with Crippen molar-refractivity contribution in [3.05, 3.63) is 30.3 Å². The number of hydrogen-bond donors (Lipinski definition) is 2. The van der Waals surface area contributed by atoms with Crippen LogP contribution in [0.3, 0.4) is 0 Å². The Morgan fingerprint density at radius 2 is 1.89 bits per heavy atom. The first-order chi connectivity index (χ1) is 9.31. The Morgan fingerprint density at radius 3 is 2.58 bits per heavy atom. The molecule has 2 unspecified atom stereocenters. The highest BCUT2D eigenvalue weighted by molar-refractivity contribution is 5.90. The number of carbonyl (C=O) groups is 1. The van der Waals surface area contributed by atoms with E-state index in [-0.39, 0.29) is 5.91 Å². The summed E-state index contributed by atoms with van der Waals surface area (Å²) in [4.78, 5) is 14.3. The summed E-state index contributed by atoms with van der Waals surface area (Å²) in [6.45, 7) is 5.48. The number of hydrogen-bond acceptors (Lipinski definition) is 3. The lowest BCUT2D eigenvalue weighted by molar-refractivity contribution is -0.116. The van der Waals surface area contributed by atoms with E-state index in [0.29, 0.717) is 6.42 Å². The fourth-order valence-corrected chi connectivity index (χ4v) is 3.14. The summed E-state index contributed by atoms with van der Waals surface area (Å²) in [5.41, 5.74) is 0.884. The van der Waals surface area contributed by atoms with E-state index in [1.54, 1.807) is 0 Å². The number of anilines is 1. The van der Waals surface area contributed by atoms with Gasteiger partial charge in [-0.15, -0.1) is 0 Å². The van der Waals surface area contributed by atoms with Gasteiger partial charge in [-0.3, -0.25) is 4.79 Å². The van der Waals surface area contributed by atoms with Crippen molar-refractivity contribution in [2.24, 2.45) is 11.8 Å². The lowest BCUT2D eigenvalue weighted by Crippen LogP contribution is -2.29. The van der Waals surface area contributed by atoms with Crippen LogP contribution in [0.25, 0.3) is 0 Å². The number of rotatable bonds is 4. The van der Waals surface area contributed by atoms with Crippen molar-refractivity contribution in [1.82, 2.24) is 10.2 Å². The number of likely N-dealkylation sites (tertiary alicyclic amines) is 1. The van der Waals surface area contributed by atoms with Crippen LogP contribution in [0.1, 0.15) is 6.42 Å². The predicted molar refractivity (Wildman–Crippen MR) is 76.0 cm³/mol. The maximum absolute atomic E-state index is 11.9. The fraction of sp³-hybridized carbons (Fsp3) is 0.533. The first-order valence-electron chi connectivity index (χ1n) is 7.09. The zero-order valence-corrected chi connectivity index (χ0v) is 11.1. The zero-order chi connectivity index (χ0) is 13.1. The molecule has 0 saturated carbocycles. The molecule has 1 aromatic rings. The summed E-state index contributed by atoms with van der Waals surface area (Å²) >= 11 is 0. The molecule has 1 aromatic carbocycles. The molecule has 102 valence electrons. The lowest BCUT2D eigenvalue weighted by atomic mass is 10.0. The molecule has 4 nitrogen and oxygen atoms in total. The van der Waals surface area contributed by atoms with Crippen molar-refractivity contribution < 1.29 is 4.79 Å². The van der Waals surface area contributed by atoms with Crippen LogP contribution in [0.2, 0.25) is 0 Å². The first kappa shape index (κ1) is 12.6. The van der Waals surface area contributed by atoms with Crippen LogP contribution in [0.15, 0.2) is 30.3 Å². The molecule has 2 aliphatic rings. The molecule has 2 atom stereocenters. The number of benzene rings is 1. The fourth-order valence-electron chi connectivity index (χ4n) is 3.14. The Hall–Kier alpha value is -1.39. The molecular weight excluding hydrogens is 238 g/mol. The Labute approximate surface area is 114 Å². The average Bonchev–Trinajstić information content (AvgIpc) is 2.98. The van der Waals surface area contributed by atoms with Crippen LogP contribution < -0.4 is 10.6 Å². The van der Waals surface area contributed by atoms with Gasteiger partial charge in [0.2, 0.25) is 5.91 Å². The normalized spacial score (nSPS) is 26.3. The molecule has 3 rings (SSSR count). The van der Waals surface area contributed by atoms with E-state index in [4.69, 9.17) is 0 Å². The average molecular weight is 259 g/mol. The van der Waals surface area contributed by atoms with E-state index in [1.807, 2.05) is 30.3 Å². The third-order valence-electron chi connectivity index (χ3n) is 4.18. The van der Waals surface area contributed by atoms with Gasteiger partial charge in [0.25, 0.3) is 0 Å². The molecule has 0 spiro atoms. The van der Waals surface area contributed by atoms with E-state index in [1.165, 1.54) is 0 Å². The molecule has 0 bridgehead atoms. The predicted octanol–water partition coefficient (Wildman–Crippen LogP) is 1.17. The largest absolute Gasteiger partial charge is 0.326 e. The minimum atomic E-state index is 0.112. The minimum Gasteiger partial charge on any atom is -0.326 e. The highest BCUT2D eigenvalue weighted by Crippen LogP contribution is 2.26. The molecule has 4 heteroatoms. The third-order valence-corrected chi connectivity index (χ3v) is 4.18. The first-order valence-corrected chi connectivity index (χ1v) is 7.09. The van der Waals surface area contributed by atoms with E-state index >= 15 is 0 Å². The van der Waals surface area contributed by atoms with Crippen LogP contribution >= 0.6 is 0 Å². The quantitative estimate of drug-likeness (QED) is 0.853. The number of nitrogens with one attached hydrogen (secondary N) is 2. The summed E-state index contributed by atoms with van der Waals surface area (Å²) in [7, 11) is 0. The van der Waals surface area contributed by atoms with Crippen LogP contribution in [-0.2, 0) is 4.79 Å². The highest BCUT2D eigenvalue weighted by Gasteiger charge is 2.35. The standard InChI is InChI=1S/C15H21N3O/c19-15(17-14-4-2-1-3-5-14)6-7-18-10-12-8-16-9-13(12)11-18/h1-5,12-13,16H,6-11H2,(H,17,19). The van der Waals surface area contributed by atoms with Gasteiger partial charge in [0, 0.05) is 31.7 Å². The molecule has 0 aromatic heterocycles. The van der Waals surface area contributed by atoms with Crippen molar-refractivity contribution in [2.75, 3.05) is 38.0 Å². The topological polar surface area (TPSA) is 44.4 Å². The highest BCUT2D eigenvalue weighted by atomic mass is 16.1. The van der Waals surface area contributed by atoms with Crippen LogP contribution in [0.5, 0.6) is 0 Å². The number of fused-ring (bicyclic) bond motifs is 1. The lowest BCUT2D eigenvalue weighted by Gasteiger charge is -2.16. The third kappa shape index (κ3) is 3.14. The van der Waals surface area contributed by atoms with Crippen molar-refractivity contribution in [1.29, 1.82) is 0 Å². The molecule has 0 radical (unpaired) electrons. The van der Waals surface area contributed by atoms with Crippen LogP contribution in [0.4, 0.5) is 5.69 Å². The Bertz CT molecular complexity index is 422. The van der Waals surface area contributed by atoms with Gasteiger partial charge in [0.05, 0.1) is 0 Å². The molecule has 2 saturated heterocycles.